The van der Waals surface area contributed by atoms with Gasteiger partial charge >= 0.3 is 0 Å². The lowest BCUT2D eigenvalue weighted by atomic mass is 10.2. The van der Waals surface area contributed by atoms with Crippen LogP contribution in [0.3, 0.4) is 0 Å². The molecule has 0 aliphatic carbocycles. The van der Waals surface area contributed by atoms with E-state index in [-0.39, 0.29) is 5.91 Å². The van der Waals surface area contributed by atoms with E-state index in [0.717, 1.165) is 51.4 Å². The van der Waals surface area contributed by atoms with E-state index in [0.29, 0.717) is 30.5 Å². The molecule has 0 spiro atoms. The van der Waals surface area contributed by atoms with E-state index in [1.807, 2.05) is 30.3 Å². The molecule has 1 aromatic heterocycles. The summed E-state index contributed by atoms with van der Waals surface area (Å²) in [5.74, 6) is 0.968. The monoisotopic (exact) mass is 399 g/mol. The van der Waals surface area contributed by atoms with Gasteiger partial charge < -0.3 is 20.1 Å². The zero-order valence-electron chi connectivity index (χ0n) is 16.9. The molecule has 8 heteroatoms. The minimum absolute atomic E-state index is 0.211. The predicted molar refractivity (Wildman–Crippen MR) is 112 cm³/mol. The molecule has 0 atom stereocenters. The van der Waals surface area contributed by atoms with E-state index in [1.165, 1.54) is 0 Å². The number of aromatic nitrogens is 2. The fraction of sp³-hybridized carbons (Fsp3) is 0.476. The second-order valence-electron chi connectivity index (χ2n) is 6.81. The van der Waals surface area contributed by atoms with Crippen LogP contribution in [0.1, 0.15) is 16.9 Å². The Hall–Kier alpha value is -2.55. The number of methoxy groups -OCH3 is 1. The third kappa shape index (κ3) is 6.77. The molecule has 1 fully saturated rings. The van der Waals surface area contributed by atoms with Crippen molar-refractivity contribution in [1.82, 2.24) is 20.2 Å². The zero-order valence-corrected chi connectivity index (χ0v) is 16.9. The van der Waals surface area contributed by atoms with Crippen LogP contribution in [0.5, 0.6) is 0 Å². The molecule has 1 aliphatic rings. The van der Waals surface area contributed by atoms with Gasteiger partial charge in [0.05, 0.1) is 13.2 Å². The van der Waals surface area contributed by atoms with Crippen molar-refractivity contribution in [3.8, 4) is 11.4 Å². The first-order valence-corrected chi connectivity index (χ1v) is 10.0. The smallest absolute Gasteiger partial charge is 0.270 e. The maximum absolute atomic E-state index is 12.6. The number of benzene rings is 1. The zero-order chi connectivity index (χ0) is 20.3. The number of amides is 1. The van der Waals surface area contributed by atoms with E-state index in [4.69, 9.17) is 9.47 Å². The lowest BCUT2D eigenvalue weighted by Crippen LogP contribution is -2.39. The number of carbonyl (C=O) groups excluding carboxylic acids is 1. The third-order valence-corrected chi connectivity index (χ3v) is 4.64. The number of nitrogens with zero attached hydrogens (tertiary/aromatic N) is 3. The van der Waals surface area contributed by atoms with Gasteiger partial charge in [-0.3, -0.25) is 9.69 Å². The molecule has 1 aliphatic heterocycles. The Morgan fingerprint density at radius 2 is 1.97 bits per heavy atom. The lowest BCUT2D eigenvalue weighted by Gasteiger charge is -2.26. The second kappa shape index (κ2) is 11.5. The minimum atomic E-state index is -0.211. The van der Waals surface area contributed by atoms with Gasteiger partial charge in [-0.15, -0.1) is 0 Å². The molecule has 2 aromatic rings. The summed E-state index contributed by atoms with van der Waals surface area (Å²) < 4.78 is 10.4. The first-order chi connectivity index (χ1) is 14.3. The molecule has 0 saturated carbocycles. The normalized spacial score (nSPS) is 14.5. The Morgan fingerprint density at radius 3 is 2.72 bits per heavy atom. The van der Waals surface area contributed by atoms with Crippen molar-refractivity contribution < 1.29 is 14.3 Å². The average molecular weight is 399 g/mol. The molecular formula is C21H29N5O3. The van der Waals surface area contributed by atoms with Gasteiger partial charge in [0.15, 0.2) is 5.82 Å². The maximum atomic E-state index is 12.6. The van der Waals surface area contributed by atoms with Gasteiger partial charge in [0.2, 0.25) is 0 Å². The van der Waals surface area contributed by atoms with Crippen molar-refractivity contribution in [1.29, 1.82) is 0 Å². The second-order valence-corrected chi connectivity index (χ2v) is 6.81. The number of morpholine rings is 1. The number of hydrogen-bond donors (Lipinski definition) is 2. The van der Waals surface area contributed by atoms with Crippen LogP contribution in [0.15, 0.2) is 36.4 Å². The first kappa shape index (κ1) is 21.2. The molecule has 0 radical (unpaired) electrons. The molecule has 2 N–H and O–H groups in total. The summed E-state index contributed by atoms with van der Waals surface area (Å²) in [6.45, 7) is 6.21. The third-order valence-electron chi connectivity index (χ3n) is 4.64. The van der Waals surface area contributed by atoms with Crippen molar-refractivity contribution in [2.45, 2.75) is 6.42 Å². The number of carbonyl (C=O) groups is 1. The van der Waals surface area contributed by atoms with Crippen LogP contribution < -0.4 is 10.6 Å². The van der Waals surface area contributed by atoms with E-state index in [1.54, 1.807) is 13.2 Å². The van der Waals surface area contributed by atoms with Crippen molar-refractivity contribution in [2.24, 2.45) is 0 Å². The molecule has 1 saturated heterocycles. The van der Waals surface area contributed by atoms with E-state index in [9.17, 15) is 4.79 Å². The summed E-state index contributed by atoms with van der Waals surface area (Å²) in [5, 5.41) is 6.23. The summed E-state index contributed by atoms with van der Waals surface area (Å²) in [5.41, 5.74) is 1.22. The Labute approximate surface area is 171 Å². The van der Waals surface area contributed by atoms with Crippen LogP contribution in [-0.2, 0) is 9.47 Å². The predicted octanol–water partition coefficient (Wildman–Crippen LogP) is 1.65. The topological polar surface area (TPSA) is 88.6 Å². The molecular weight excluding hydrogens is 370 g/mol. The maximum Gasteiger partial charge on any atom is 0.270 e. The first-order valence-electron chi connectivity index (χ1n) is 10.0. The molecule has 8 nitrogen and oxygen atoms in total. The van der Waals surface area contributed by atoms with E-state index in [2.05, 4.69) is 25.5 Å². The fourth-order valence-corrected chi connectivity index (χ4v) is 3.05. The van der Waals surface area contributed by atoms with Gasteiger partial charge in [0.25, 0.3) is 5.91 Å². The average Bonchev–Trinajstić information content (AvgIpc) is 2.78. The lowest BCUT2D eigenvalue weighted by molar-refractivity contribution is 0.0398. The van der Waals surface area contributed by atoms with Gasteiger partial charge in [-0.05, 0) is 6.42 Å². The standard InChI is InChI=1S/C21H29N5O3/c1-28-13-5-8-23-21(27)18-16-19(22-9-10-26-11-14-29-15-12-26)25-20(24-18)17-6-3-2-4-7-17/h2-4,6-7,16H,5,8-15H2,1H3,(H,23,27)(H,22,24,25). The summed E-state index contributed by atoms with van der Waals surface area (Å²) in [6.07, 6.45) is 0.753. The Balaban J connectivity index is 1.69. The van der Waals surface area contributed by atoms with Crippen molar-refractivity contribution in [3.05, 3.63) is 42.1 Å². The molecule has 3 rings (SSSR count). The van der Waals surface area contributed by atoms with E-state index >= 15 is 0 Å². The highest BCUT2D eigenvalue weighted by Gasteiger charge is 2.14. The van der Waals surface area contributed by atoms with Crippen LogP contribution in [0.25, 0.3) is 11.4 Å². The molecule has 1 aromatic carbocycles. The largest absolute Gasteiger partial charge is 0.385 e. The molecule has 2 heterocycles. The molecule has 1 amide bonds. The van der Waals surface area contributed by atoms with Gasteiger partial charge in [0, 0.05) is 58.1 Å². The van der Waals surface area contributed by atoms with Gasteiger partial charge in [-0.1, -0.05) is 30.3 Å². The fourth-order valence-electron chi connectivity index (χ4n) is 3.05. The molecule has 0 bridgehead atoms. The van der Waals surface area contributed by atoms with Crippen LogP contribution in [0.4, 0.5) is 5.82 Å². The number of rotatable bonds is 10. The van der Waals surface area contributed by atoms with Crippen molar-refractivity contribution in [3.63, 3.8) is 0 Å². The van der Waals surface area contributed by atoms with Crippen LogP contribution in [-0.4, -0.2) is 80.4 Å². The summed E-state index contributed by atoms with van der Waals surface area (Å²) in [6, 6.07) is 11.4. The highest BCUT2D eigenvalue weighted by Crippen LogP contribution is 2.18. The number of ether oxygens (including phenoxy) is 2. The van der Waals surface area contributed by atoms with Crippen LogP contribution in [0, 0.1) is 0 Å². The van der Waals surface area contributed by atoms with Crippen molar-refractivity contribution >= 4 is 11.7 Å². The van der Waals surface area contributed by atoms with Crippen LogP contribution in [0.2, 0.25) is 0 Å². The number of anilines is 1. The quantitative estimate of drug-likeness (QED) is 0.587. The molecule has 156 valence electrons. The molecule has 29 heavy (non-hydrogen) atoms. The minimum Gasteiger partial charge on any atom is -0.385 e. The van der Waals surface area contributed by atoms with Gasteiger partial charge in [-0.25, -0.2) is 9.97 Å². The van der Waals surface area contributed by atoms with Crippen molar-refractivity contribution in [2.75, 3.05) is 65.0 Å². The number of nitrogens with one attached hydrogen (secondary N) is 2. The summed E-state index contributed by atoms with van der Waals surface area (Å²) in [7, 11) is 1.65. The highest BCUT2D eigenvalue weighted by atomic mass is 16.5. The SMILES string of the molecule is COCCCNC(=O)c1cc(NCCN2CCOCC2)nc(-c2ccccc2)n1. The Morgan fingerprint density at radius 1 is 1.17 bits per heavy atom. The summed E-state index contributed by atoms with van der Waals surface area (Å²) >= 11 is 0. The van der Waals surface area contributed by atoms with E-state index < -0.39 is 0 Å². The highest BCUT2D eigenvalue weighted by molar-refractivity contribution is 5.93. The van der Waals surface area contributed by atoms with Gasteiger partial charge in [-0.2, -0.15) is 0 Å². The van der Waals surface area contributed by atoms with Crippen LogP contribution >= 0.6 is 0 Å². The summed E-state index contributed by atoms with van der Waals surface area (Å²) in [4.78, 5) is 24.0. The Bertz CT molecular complexity index is 766. The molecule has 0 unspecified atom stereocenters. The van der Waals surface area contributed by atoms with Gasteiger partial charge in [0.1, 0.15) is 11.5 Å². The number of hydrogen-bond acceptors (Lipinski definition) is 7. The Kier molecular flexibility index (Phi) is 8.36.